The first-order valence-corrected chi connectivity index (χ1v) is 11.8. The number of aromatic hydroxyl groups is 1. The summed E-state index contributed by atoms with van der Waals surface area (Å²) in [6, 6.07) is 23.0. The van der Waals surface area contributed by atoms with Crippen LogP contribution in [0.4, 0.5) is 4.39 Å². The number of benzene rings is 4. The van der Waals surface area contributed by atoms with Gasteiger partial charge in [-0.1, -0.05) is 24.6 Å². The van der Waals surface area contributed by atoms with Gasteiger partial charge in [-0.3, -0.25) is 4.90 Å². The minimum absolute atomic E-state index is 0. The Hall–Kier alpha value is -3.28. The summed E-state index contributed by atoms with van der Waals surface area (Å²) in [6.07, 6.45) is 3.89. The number of phenols is 1. The first-order chi connectivity index (χ1) is 16.7. The maximum absolute atomic E-state index is 13.5. The smallest absolute Gasteiger partial charge is 0.143 e. The van der Waals surface area contributed by atoms with Gasteiger partial charge in [-0.15, -0.1) is 12.4 Å². The van der Waals surface area contributed by atoms with Gasteiger partial charge in [-0.05, 0) is 97.5 Å². The first-order valence-electron chi connectivity index (χ1n) is 11.8. The molecule has 0 aromatic heterocycles. The van der Waals surface area contributed by atoms with Crippen LogP contribution in [0.2, 0.25) is 0 Å². The zero-order valence-electron chi connectivity index (χ0n) is 19.5. The molecular formula is C29H29ClFNO3. The minimum Gasteiger partial charge on any atom is -0.508 e. The topological polar surface area (TPSA) is 41.9 Å². The fraction of sp³-hybridized carbons (Fsp3) is 0.241. The lowest BCUT2D eigenvalue weighted by Gasteiger charge is -2.26. The van der Waals surface area contributed by atoms with Crippen LogP contribution in [-0.4, -0.2) is 36.2 Å². The average molecular weight is 494 g/mol. The molecule has 182 valence electrons. The molecule has 1 aliphatic heterocycles. The molecule has 1 saturated heterocycles. The van der Waals surface area contributed by atoms with E-state index in [0.29, 0.717) is 18.1 Å². The van der Waals surface area contributed by atoms with Crippen molar-refractivity contribution < 1.29 is 19.0 Å². The van der Waals surface area contributed by atoms with Gasteiger partial charge in [0.15, 0.2) is 0 Å². The third kappa shape index (κ3) is 6.05. The number of ether oxygens (including phenoxy) is 2. The van der Waals surface area contributed by atoms with Crippen LogP contribution in [0.5, 0.6) is 23.0 Å². The van der Waals surface area contributed by atoms with Crippen molar-refractivity contribution >= 4 is 23.2 Å². The number of piperidine rings is 1. The molecule has 0 aliphatic carbocycles. The SMILES string of the molecule is Cl.Oc1ccc2c(Oc3ccc(OCCN4CCCCC4)cc3)c(-c3ccc(F)cc3)ccc2c1. The Labute approximate surface area is 211 Å². The van der Waals surface area contributed by atoms with E-state index in [1.54, 1.807) is 24.3 Å². The Morgan fingerprint density at radius 3 is 2.26 bits per heavy atom. The quantitative estimate of drug-likeness (QED) is 0.290. The number of fused-ring (bicyclic) bond motifs is 1. The van der Waals surface area contributed by atoms with Gasteiger partial charge in [-0.25, -0.2) is 4.39 Å². The second-order valence-electron chi connectivity index (χ2n) is 8.68. The van der Waals surface area contributed by atoms with E-state index in [1.807, 2.05) is 42.5 Å². The van der Waals surface area contributed by atoms with Crippen LogP contribution in [0.3, 0.4) is 0 Å². The molecule has 1 aliphatic rings. The van der Waals surface area contributed by atoms with E-state index < -0.39 is 0 Å². The van der Waals surface area contributed by atoms with Crippen molar-refractivity contribution in [1.82, 2.24) is 4.90 Å². The van der Waals surface area contributed by atoms with E-state index in [1.165, 1.54) is 31.4 Å². The highest BCUT2D eigenvalue weighted by Crippen LogP contribution is 2.40. The zero-order valence-corrected chi connectivity index (χ0v) is 20.3. The first kappa shape index (κ1) is 24.8. The molecule has 4 aromatic carbocycles. The van der Waals surface area contributed by atoms with E-state index in [9.17, 15) is 9.50 Å². The van der Waals surface area contributed by atoms with E-state index in [2.05, 4.69) is 4.90 Å². The van der Waals surface area contributed by atoms with Gasteiger partial charge in [0.25, 0.3) is 0 Å². The van der Waals surface area contributed by atoms with Crippen molar-refractivity contribution in [3.05, 3.63) is 84.7 Å². The molecule has 1 heterocycles. The van der Waals surface area contributed by atoms with Gasteiger partial charge in [-0.2, -0.15) is 0 Å². The third-order valence-corrected chi connectivity index (χ3v) is 6.28. The highest BCUT2D eigenvalue weighted by Gasteiger charge is 2.14. The van der Waals surface area contributed by atoms with Crippen molar-refractivity contribution in [2.75, 3.05) is 26.2 Å². The van der Waals surface area contributed by atoms with Crippen molar-refractivity contribution in [1.29, 1.82) is 0 Å². The molecular weight excluding hydrogens is 465 g/mol. The molecule has 0 saturated carbocycles. The summed E-state index contributed by atoms with van der Waals surface area (Å²) in [6.45, 7) is 3.94. The van der Waals surface area contributed by atoms with Crippen molar-refractivity contribution in [2.45, 2.75) is 19.3 Å². The molecule has 0 amide bonds. The molecule has 1 fully saturated rings. The Morgan fingerprint density at radius 2 is 1.51 bits per heavy atom. The maximum atomic E-state index is 13.5. The summed E-state index contributed by atoms with van der Waals surface area (Å²) in [4.78, 5) is 2.45. The molecule has 5 rings (SSSR count). The van der Waals surface area contributed by atoms with Gasteiger partial charge < -0.3 is 14.6 Å². The second-order valence-corrected chi connectivity index (χ2v) is 8.68. The van der Waals surface area contributed by atoms with Crippen LogP contribution >= 0.6 is 12.4 Å². The standard InChI is InChI=1S/C29H28FNO3.ClH/c30-23-7-4-21(5-8-23)27-14-6-22-20-24(32)9-15-28(22)29(27)34-26-12-10-25(11-13-26)33-19-18-31-16-2-1-3-17-31;/h4-15,20,32H,1-3,16-19H2;1H. The molecule has 0 spiro atoms. The summed E-state index contributed by atoms with van der Waals surface area (Å²) < 4.78 is 25.8. The number of hydrogen-bond acceptors (Lipinski definition) is 4. The molecule has 4 nitrogen and oxygen atoms in total. The second kappa shape index (κ2) is 11.4. The predicted molar refractivity (Wildman–Crippen MR) is 141 cm³/mol. The lowest BCUT2D eigenvalue weighted by atomic mass is 9.99. The van der Waals surface area contributed by atoms with Crippen molar-refractivity contribution in [2.24, 2.45) is 0 Å². The van der Waals surface area contributed by atoms with E-state index in [-0.39, 0.29) is 24.0 Å². The lowest BCUT2D eigenvalue weighted by molar-refractivity contribution is 0.183. The number of phenolic OH excluding ortho intramolecular Hbond substituents is 1. The Morgan fingerprint density at radius 1 is 0.800 bits per heavy atom. The molecule has 1 N–H and O–H groups in total. The van der Waals surface area contributed by atoms with Crippen molar-refractivity contribution in [3.63, 3.8) is 0 Å². The van der Waals surface area contributed by atoms with Gasteiger partial charge in [0.05, 0.1) is 0 Å². The average Bonchev–Trinajstić information content (AvgIpc) is 2.86. The largest absolute Gasteiger partial charge is 0.508 e. The molecule has 0 atom stereocenters. The molecule has 6 heteroatoms. The summed E-state index contributed by atoms with van der Waals surface area (Å²) >= 11 is 0. The Bertz CT molecular complexity index is 1260. The van der Waals surface area contributed by atoms with Crippen LogP contribution < -0.4 is 9.47 Å². The van der Waals surface area contributed by atoms with Gasteiger partial charge in [0.1, 0.15) is 35.4 Å². The van der Waals surface area contributed by atoms with Gasteiger partial charge in [0, 0.05) is 17.5 Å². The van der Waals surface area contributed by atoms with Gasteiger partial charge >= 0.3 is 0 Å². The molecule has 0 unspecified atom stereocenters. The van der Waals surface area contributed by atoms with Crippen LogP contribution in [0.25, 0.3) is 21.9 Å². The van der Waals surface area contributed by atoms with Crippen LogP contribution in [0.1, 0.15) is 19.3 Å². The van der Waals surface area contributed by atoms with E-state index in [0.717, 1.165) is 47.3 Å². The summed E-state index contributed by atoms with van der Waals surface area (Å²) in [5, 5.41) is 11.6. The summed E-state index contributed by atoms with van der Waals surface area (Å²) in [5.74, 6) is 2.05. The fourth-order valence-corrected chi connectivity index (χ4v) is 4.45. The van der Waals surface area contributed by atoms with E-state index >= 15 is 0 Å². The third-order valence-electron chi connectivity index (χ3n) is 6.28. The van der Waals surface area contributed by atoms with Crippen LogP contribution in [-0.2, 0) is 0 Å². The lowest BCUT2D eigenvalue weighted by Crippen LogP contribution is -2.33. The number of halogens is 2. The van der Waals surface area contributed by atoms with Crippen molar-refractivity contribution in [3.8, 4) is 34.1 Å². The normalized spacial score (nSPS) is 13.9. The predicted octanol–water partition coefficient (Wildman–Crippen LogP) is 7.43. The number of rotatable bonds is 7. The van der Waals surface area contributed by atoms with E-state index in [4.69, 9.17) is 9.47 Å². The fourth-order valence-electron chi connectivity index (χ4n) is 4.45. The van der Waals surface area contributed by atoms with Crippen LogP contribution in [0, 0.1) is 5.82 Å². The Balaban J connectivity index is 0.00000289. The number of nitrogens with zero attached hydrogens (tertiary/aromatic N) is 1. The number of likely N-dealkylation sites (tertiary alicyclic amines) is 1. The summed E-state index contributed by atoms with van der Waals surface area (Å²) in [5.41, 5.74) is 1.70. The minimum atomic E-state index is -0.284. The molecule has 0 bridgehead atoms. The molecule has 0 radical (unpaired) electrons. The molecule has 35 heavy (non-hydrogen) atoms. The number of hydrogen-bond donors (Lipinski definition) is 1. The zero-order chi connectivity index (χ0) is 23.3. The Kier molecular flexibility index (Phi) is 8.11. The summed E-state index contributed by atoms with van der Waals surface area (Å²) in [7, 11) is 0. The molecule has 4 aromatic rings. The highest BCUT2D eigenvalue weighted by molar-refractivity contribution is 5.96. The monoisotopic (exact) mass is 493 g/mol. The van der Waals surface area contributed by atoms with Crippen LogP contribution in [0.15, 0.2) is 78.9 Å². The van der Waals surface area contributed by atoms with Gasteiger partial charge in [0.2, 0.25) is 0 Å². The highest BCUT2D eigenvalue weighted by atomic mass is 35.5. The maximum Gasteiger partial charge on any atom is 0.143 e.